The number of para-hydroxylation sites is 1. The molecule has 0 spiro atoms. The molecule has 1 nitrogen and oxygen atoms in total. The number of rotatable bonds is 11. The molecular formula is C19H29N. The summed E-state index contributed by atoms with van der Waals surface area (Å²) in [6.45, 7) is 6.05. The van der Waals surface area contributed by atoms with Crippen LogP contribution in [0.15, 0.2) is 55.1 Å². The third kappa shape index (κ3) is 7.83. The SMILES string of the molecule is C=CCCCC(/C=C/CCCCC)Nc1ccccc1. The largest absolute Gasteiger partial charge is 0.379 e. The highest BCUT2D eigenvalue weighted by molar-refractivity contribution is 5.44. The first-order valence-corrected chi connectivity index (χ1v) is 7.96. The van der Waals surface area contributed by atoms with E-state index in [0.29, 0.717) is 6.04 Å². The molecule has 1 unspecified atom stereocenters. The van der Waals surface area contributed by atoms with Gasteiger partial charge in [0.05, 0.1) is 0 Å². The number of nitrogens with one attached hydrogen (secondary N) is 1. The summed E-state index contributed by atoms with van der Waals surface area (Å²) in [5, 5.41) is 3.61. The number of hydrogen-bond acceptors (Lipinski definition) is 1. The lowest BCUT2D eigenvalue weighted by Gasteiger charge is -2.16. The zero-order chi connectivity index (χ0) is 14.5. The summed E-state index contributed by atoms with van der Waals surface area (Å²) >= 11 is 0. The van der Waals surface area contributed by atoms with Crippen molar-refractivity contribution < 1.29 is 0 Å². The van der Waals surface area contributed by atoms with Crippen LogP contribution in [-0.4, -0.2) is 6.04 Å². The van der Waals surface area contributed by atoms with Crippen LogP contribution in [0.1, 0.15) is 51.9 Å². The predicted molar refractivity (Wildman–Crippen MR) is 91.2 cm³/mol. The average Bonchev–Trinajstić information content (AvgIpc) is 2.48. The molecule has 0 aliphatic rings. The van der Waals surface area contributed by atoms with Crippen molar-refractivity contribution in [2.75, 3.05) is 5.32 Å². The van der Waals surface area contributed by atoms with Gasteiger partial charge in [0.2, 0.25) is 0 Å². The van der Waals surface area contributed by atoms with Gasteiger partial charge in [0.25, 0.3) is 0 Å². The Labute approximate surface area is 124 Å². The highest BCUT2D eigenvalue weighted by atomic mass is 14.9. The molecule has 1 N–H and O–H groups in total. The van der Waals surface area contributed by atoms with Gasteiger partial charge < -0.3 is 5.32 Å². The van der Waals surface area contributed by atoms with Gasteiger partial charge in [0.1, 0.15) is 0 Å². The van der Waals surface area contributed by atoms with E-state index in [1.165, 1.54) is 37.8 Å². The van der Waals surface area contributed by atoms with Gasteiger partial charge in [-0.15, -0.1) is 6.58 Å². The summed E-state index contributed by atoms with van der Waals surface area (Å²) in [5.41, 5.74) is 1.20. The number of unbranched alkanes of at least 4 members (excludes halogenated alkanes) is 4. The van der Waals surface area contributed by atoms with Crippen LogP contribution in [-0.2, 0) is 0 Å². The van der Waals surface area contributed by atoms with Crippen LogP contribution in [0.25, 0.3) is 0 Å². The van der Waals surface area contributed by atoms with Gasteiger partial charge in [-0.1, -0.05) is 56.2 Å². The minimum Gasteiger partial charge on any atom is -0.379 e. The molecule has 1 aromatic rings. The topological polar surface area (TPSA) is 12.0 Å². The fraction of sp³-hybridized carbons (Fsp3) is 0.474. The first-order chi connectivity index (χ1) is 9.86. The lowest BCUT2D eigenvalue weighted by atomic mass is 10.1. The van der Waals surface area contributed by atoms with E-state index in [4.69, 9.17) is 0 Å². The Morgan fingerprint density at radius 2 is 1.90 bits per heavy atom. The third-order valence-corrected chi connectivity index (χ3v) is 3.39. The van der Waals surface area contributed by atoms with Crippen molar-refractivity contribution in [3.8, 4) is 0 Å². The summed E-state index contributed by atoms with van der Waals surface area (Å²) in [5.74, 6) is 0. The van der Waals surface area contributed by atoms with Gasteiger partial charge in [0.15, 0.2) is 0 Å². The van der Waals surface area contributed by atoms with Crippen LogP contribution in [0.5, 0.6) is 0 Å². The molecule has 0 bridgehead atoms. The van der Waals surface area contributed by atoms with E-state index in [2.05, 4.69) is 61.3 Å². The van der Waals surface area contributed by atoms with Crippen molar-refractivity contribution in [3.63, 3.8) is 0 Å². The number of allylic oxidation sites excluding steroid dienone is 2. The normalized spacial score (nSPS) is 12.4. The van der Waals surface area contributed by atoms with Crippen LogP contribution >= 0.6 is 0 Å². The summed E-state index contributed by atoms with van der Waals surface area (Å²) in [6.07, 6.45) is 15.2. The van der Waals surface area contributed by atoms with Crippen LogP contribution in [0.2, 0.25) is 0 Å². The predicted octanol–water partition coefficient (Wildman–Crippen LogP) is 5.96. The Kier molecular flexibility index (Phi) is 9.38. The monoisotopic (exact) mass is 271 g/mol. The van der Waals surface area contributed by atoms with Crippen molar-refractivity contribution in [1.29, 1.82) is 0 Å². The van der Waals surface area contributed by atoms with E-state index in [-0.39, 0.29) is 0 Å². The molecule has 0 aliphatic heterocycles. The van der Waals surface area contributed by atoms with Gasteiger partial charge in [0, 0.05) is 11.7 Å². The summed E-state index contributed by atoms with van der Waals surface area (Å²) in [4.78, 5) is 0. The second kappa shape index (κ2) is 11.3. The maximum Gasteiger partial charge on any atom is 0.0444 e. The van der Waals surface area contributed by atoms with Gasteiger partial charge in [-0.05, 0) is 44.2 Å². The van der Waals surface area contributed by atoms with Crippen LogP contribution in [0, 0.1) is 0 Å². The molecule has 0 aromatic heterocycles. The maximum absolute atomic E-state index is 3.80. The summed E-state index contributed by atoms with van der Waals surface area (Å²) in [6, 6.07) is 10.9. The van der Waals surface area contributed by atoms with E-state index in [0.717, 1.165) is 12.8 Å². The second-order valence-corrected chi connectivity index (χ2v) is 5.26. The van der Waals surface area contributed by atoms with Gasteiger partial charge in [-0.25, -0.2) is 0 Å². The van der Waals surface area contributed by atoms with Crippen molar-refractivity contribution in [2.45, 2.75) is 57.9 Å². The molecule has 0 saturated heterocycles. The standard InChI is InChI=1S/C19H29N/c1-3-5-7-8-11-15-18(14-10-6-4-2)20-19-16-12-9-13-17-19/h4,9,11-13,15-18,20H,2-3,5-8,10,14H2,1H3/b15-11+. The van der Waals surface area contributed by atoms with Crippen LogP contribution < -0.4 is 5.32 Å². The highest BCUT2D eigenvalue weighted by Gasteiger charge is 2.03. The minimum atomic E-state index is 0.430. The summed E-state index contributed by atoms with van der Waals surface area (Å²) in [7, 11) is 0. The number of anilines is 1. The molecule has 0 amide bonds. The number of benzene rings is 1. The zero-order valence-electron chi connectivity index (χ0n) is 12.9. The Bertz CT molecular complexity index is 367. The Balaban J connectivity index is 2.44. The first kappa shape index (κ1) is 16.6. The molecule has 1 rings (SSSR count). The molecule has 0 fully saturated rings. The van der Waals surface area contributed by atoms with Crippen molar-refractivity contribution >= 4 is 5.69 Å². The van der Waals surface area contributed by atoms with E-state index in [1.54, 1.807) is 0 Å². The quantitative estimate of drug-likeness (QED) is 0.387. The molecule has 0 aliphatic carbocycles. The zero-order valence-corrected chi connectivity index (χ0v) is 12.9. The van der Waals surface area contributed by atoms with Gasteiger partial charge >= 0.3 is 0 Å². The molecule has 1 aromatic carbocycles. The average molecular weight is 271 g/mol. The number of hydrogen-bond donors (Lipinski definition) is 1. The molecule has 110 valence electrons. The fourth-order valence-corrected chi connectivity index (χ4v) is 2.22. The molecule has 0 radical (unpaired) electrons. The van der Waals surface area contributed by atoms with Crippen LogP contribution in [0.4, 0.5) is 5.69 Å². The molecule has 0 heterocycles. The van der Waals surface area contributed by atoms with Crippen LogP contribution in [0.3, 0.4) is 0 Å². The Morgan fingerprint density at radius 3 is 2.60 bits per heavy atom. The molecular weight excluding hydrogens is 242 g/mol. The highest BCUT2D eigenvalue weighted by Crippen LogP contribution is 2.13. The summed E-state index contributed by atoms with van der Waals surface area (Å²) < 4.78 is 0. The lowest BCUT2D eigenvalue weighted by Crippen LogP contribution is -2.16. The van der Waals surface area contributed by atoms with Gasteiger partial charge in [-0.2, -0.15) is 0 Å². The molecule has 0 saturated carbocycles. The first-order valence-electron chi connectivity index (χ1n) is 7.96. The van der Waals surface area contributed by atoms with Crippen molar-refractivity contribution in [1.82, 2.24) is 0 Å². The van der Waals surface area contributed by atoms with Crippen molar-refractivity contribution in [2.24, 2.45) is 0 Å². The fourth-order valence-electron chi connectivity index (χ4n) is 2.22. The van der Waals surface area contributed by atoms with E-state index >= 15 is 0 Å². The minimum absolute atomic E-state index is 0.430. The molecule has 1 heteroatoms. The third-order valence-electron chi connectivity index (χ3n) is 3.39. The van der Waals surface area contributed by atoms with Gasteiger partial charge in [-0.3, -0.25) is 0 Å². The molecule has 20 heavy (non-hydrogen) atoms. The lowest BCUT2D eigenvalue weighted by molar-refractivity contribution is 0.695. The van der Waals surface area contributed by atoms with E-state index in [9.17, 15) is 0 Å². The Hall–Kier alpha value is -1.50. The molecule has 1 atom stereocenters. The van der Waals surface area contributed by atoms with E-state index < -0.39 is 0 Å². The smallest absolute Gasteiger partial charge is 0.0444 e. The second-order valence-electron chi connectivity index (χ2n) is 5.26. The van der Waals surface area contributed by atoms with E-state index in [1.807, 2.05) is 6.08 Å². The van der Waals surface area contributed by atoms with Crippen molar-refractivity contribution in [3.05, 3.63) is 55.1 Å². The Morgan fingerprint density at radius 1 is 1.10 bits per heavy atom. The maximum atomic E-state index is 3.80.